The molecule has 0 saturated carbocycles. The summed E-state index contributed by atoms with van der Waals surface area (Å²) in [4.78, 5) is 4.19. The van der Waals surface area contributed by atoms with Crippen LogP contribution < -0.4 is 10.2 Å². The topological polar surface area (TPSA) is 22.1 Å². The van der Waals surface area contributed by atoms with E-state index < -0.39 is 0 Å². The molecule has 0 aliphatic rings. The van der Waals surface area contributed by atoms with Gasteiger partial charge in [0.05, 0.1) is 6.10 Å². The minimum Gasteiger partial charge on any atom is -0.490 e. The van der Waals surface area contributed by atoms with Crippen molar-refractivity contribution in [2.24, 2.45) is 0 Å². The van der Waals surface area contributed by atoms with E-state index in [9.17, 15) is 0 Å². The second-order valence-electron chi connectivity index (χ2n) is 8.23. The Morgan fingerprint density at radius 2 is 1.77 bits per heavy atom. The molecule has 0 N–H and O–H groups in total. The summed E-state index contributed by atoms with van der Waals surface area (Å²) in [5.74, 6) is 0.970. The van der Waals surface area contributed by atoms with Crippen LogP contribution >= 0.6 is 0 Å². The van der Waals surface area contributed by atoms with Crippen LogP contribution in [0.1, 0.15) is 44.6 Å². The van der Waals surface area contributed by atoms with Gasteiger partial charge in [-0.3, -0.25) is 4.98 Å². The SMILES string of the molecule is Bc1c(CCCCC(CCC)Oc2ccc3cnccc3c2)ccc2ccccc12. The Labute approximate surface area is 180 Å². The number of hydrogen-bond donors (Lipinski definition) is 0. The van der Waals surface area contributed by atoms with Crippen molar-refractivity contribution in [3.8, 4) is 5.75 Å². The summed E-state index contributed by atoms with van der Waals surface area (Å²) >= 11 is 0. The maximum Gasteiger partial charge on any atom is 0.140 e. The zero-order valence-corrected chi connectivity index (χ0v) is 18.1. The van der Waals surface area contributed by atoms with E-state index in [4.69, 9.17) is 4.74 Å². The molecule has 1 aromatic heterocycles. The highest BCUT2D eigenvalue weighted by molar-refractivity contribution is 6.39. The number of fused-ring (bicyclic) bond motifs is 2. The lowest BCUT2D eigenvalue weighted by Crippen LogP contribution is -2.17. The minimum atomic E-state index is 0.284. The fourth-order valence-electron chi connectivity index (χ4n) is 4.34. The number of pyridine rings is 1. The first-order valence-corrected chi connectivity index (χ1v) is 11.2. The van der Waals surface area contributed by atoms with E-state index in [0.29, 0.717) is 0 Å². The molecular weight excluding hydrogens is 365 g/mol. The van der Waals surface area contributed by atoms with Crippen LogP contribution in [0.2, 0.25) is 0 Å². The van der Waals surface area contributed by atoms with E-state index >= 15 is 0 Å². The van der Waals surface area contributed by atoms with Gasteiger partial charge in [-0.15, -0.1) is 0 Å². The molecule has 0 bridgehead atoms. The van der Waals surface area contributed by atoms with Crippen LogP contribution in [0.4, 0.5) is 0 Å². The average molecular weight is 395 g/mol. The summed E-state index contributed by atoms with van der Waals surface area (Å²) in [6.07, 6.45) is 10.9. The molecule has 30 heavy (non-hydrogen) atoms. The normalized spacial score (nSPS) is 12.3. The molecule has 3 aromatic carbocycles. The third kappa shape index (κ3) is 4.84. The Morgan fingerprint density at radius 3 is 2.67 bits per heavy atom. The summed E-state index contributed by atoms with van der Waals surface area (Å²) in [6, 6.07) is 21.6. The van der Waals surface area contributed by atoms with Crippen LogP contribution in [0.15, 0.2) is 73.1 Å². The lowest BCUT2D eigenvalue weighted by atomic mass is 9.83. The Bertz CT molecular complexity index is 1120. The van der Waals surface area contributed by atoms with Gasteiger partial charge in [0.1, 0.15) is 13.6 Å². The second kappa shape index (κ2) is 9.80. The first kappa shape index (κ1) is 20.5. The zero-order chi connectivity index (χ0) is 20.8. The number of unbranched alkanes of at least 4 members (excludes halogenated alkanes) is 1. The lowest BCUT2D eigenvalue weighted by Gasteiger charge is -2.19. The number of aromatic nitrogens is 1. The summed E-state index contributed by atoms with van der Waals surface area (Å²) in [6.45, 7) is 2.24. The van der Waals surface area contributed by atoms with Gasteiger partial charge in [-0.2, -0.15) is 0 Å². The van der Waals surface area contributed by atoms with E-state index in [2.05, 4.69) is 74.4 Å². The number of rotatable bonds is 9. The molecule has 0 saturated heterocycles. The smallest absolute Gasteiger partial charge is 0.140 e. The fraction of sp³-hybridized carbons (Fsp3) is 0.296. The van der Waals surface area contributed by atoms with Gasteiger partial charge in [-0.05, 0) is 72.5 Å². The van der Waals surface area contributed by atoms with Gasteiger partial charge >= 0.3 is 0 Å². The number of nitrogens with zero attached hydrogens (tertiary/aromatic N) is 1. The quantitative estimate of drug-likeness (QED) is 0.272. The standard InChI is InChI=1S/C27H30BNO/c1-2-7-24(30-25-15-14-23-19-29-17-16-22(23)18-25)10-5-3-9-21-13-12-20-8-4-6-11-26(20)27(21)28/h4,6,8,11-19,24H,2-3,5,7,9-10,28H2,1H3. The fourth-order valence-corrected chi connectivity index (χ4v) is 4.34. The van der Waals surface area contributed by atoms with Crippen LogP contribution in [-0.4, -0.2) is 18.9 Å². The van der Waals surface area contributed by atoms with Crippen molar-refractivity contribution in [2.45, 2.75) is 51.6 Å². The highest BCUT2D eigenvalue weighted by Crippen LogP contribution is 2.23. The van der Waals surface area contributed by atoms with E-state index in [0.717, 1.165) is 36.8 Å². The lowest BCUT2D eigenvalue weighted by molar-refractivity contribution is 0.176. The summed E-state index contributed by atoms with van der Waals surface area (Å²) in [5.41, 5.74) is 2.91. The van der Waals surface area contributed by atoms with Gasteiger partial charge in [0, 0.05) is 17.8 Å². The van der Waals surface area contributed by atoms with Gasteiger partial charge in [0.25, 0.3) is 0 Å². The highest BCUT2D eigenvalue weighted by Gasteiger charge is 2.11. The first-order chi connectivity index (χ1) is 14.7. The van der Waals surface area contributed by atoms with Gasteiger partial charge in [0.2, 0.25) is 0 Å². The number of aryl methyl sites for hydroxylation is 1. The second-order valence-corrected chi connectivity index (χ2v) is 8.23. The molecular formula is C27H30BNO. The van der Waals surface area contributed by atoms with Crippen molar-refractivity contribution in [1.82, 2.24) is 4.98 Å². The number of hydrogen-bond acceptors (Lipinski definition) is 2. The Hall–Kier alpha value is -2.81. The van der Waals surface area contributed by atoms with Gasteiger partial charge in [-0.1, -0.05) is 60.8 Å². The molecule has 1 atom stereocenters. The highest BCUT2D eigenvalue weighted by atomic mass is 16.5. The maximum atomic E-state index is 6.38. The van der Waals surface area contributed by atoms with E-state index in [1.165, 1.54) is 40.0 Å². The van der Waals surface area contributed by atoms with Gasteiger partial charge in [0.15, 0.2) is 0 Å². The van der Waals surface area contributed by atoms with Gasteiger partial charge in [-0.25, -0.2) is 0 Å². The molecule has 152 valence electrons. The molecule has 1 unspecified atom stereocenters. The molecule has 0 spiro atoms. The maximum absolute atomic E-state index is 6.38. The first-order valence-electron chi connectivity index (χ1n) is 11.2. The molecule has 2 nitrogen and oxygen atoms in total. The molecule has 0 aliphatic heterocycles. The summed E-state index contributed by atoms with van der Waals surface area (Å²) in [5, 5.41) is 5.06. The van der Waals surface area contributed by atoms with Crippen molar-refractivity contribution in [3.05, 3.63) is 78.6 Å². The van der Waals surface area contributed by atoms with Crippen molar-refractivity contribution in [2.75, 3.05) is 0 Å². The molecule has 4 aromatic rings. The molecule has 4 rings (SSSR count). The molecule has 0 radical (unpaired) electrons. The van der Waals surface area contributed by atoms with Crippen LogP contribution in [0.25, 0.3) is 21.5 Å². The average Bonchev–Trinajstić information content (AvgIpc) is 2.78. The van der Waals surface area contributed by atoms with Crippen molar-refractivity contribution >= 4 is 34.9 Å². The minimum absolute atomic E-state index is 0.284. The van der Waals surface area contributed by atoms with Crippen LogP contribution in [0, 0.1) is 0 Å². The number of benzene rings is 3. The van der Waals surface area contributed by atoms with Crippen molar-refractivity contribution < 1.29 is 4.74 Å². The van der Waals surface area contributed by atoms with Crippen molar-refractivity contribution in [3.63, 3.8) is 0 Å². The third-order valence-corrected chi connectivity index (χ3v) is 6.06. The molecule has 0 fully saturated rings. The molecule has 0 aliphatic carbocycles. The van der Waals surface area contributed by atoms with Gasteiger partial charge < -0.3 is 4.74 Å². The van der Waals surface area contributed by atoms with E-state index in [1.54, 1.807) is 0 Å². The predicted octanol–water partition coefficient (Wildman–Crippen LogP) is 5.61. The number of ether oxygens (including phenoxy) is 1. The van der Waals surface area contributed by atoms with Crippen LogP contribution in [0.5, 0.6) is 5.75 Å². The van der Waals surface area contributed by atoms with Crippen LogP contribution in [0.3, 0.4) is 0 Å². The monoisotopic (exact) mass is 395 g/mol. The predicted molar refractivity (Wildman–Crippen MR) is 131 cm³/mol. The Balaban J connectivity index is 1.34. The largest absolute Gasteiger partial charge is 0.490 e. The summed E-state index contributed by atoms with van der Waals surface area (Å²) < 4.78 is 6.38. The zero-order valence-electron chi connectivity index (χ0n) is 18.1. The molecule has 0 amide bonds. The summed E-state index contributed by atoms with van der Waals surface area (Å²) in [7, 11) is 2.26. The Morgan fingerprint density at radius 1 is 0.900 bits per heavy atom. The van der Waals surface area contributed by atoms with Crippen LogP contribution in [-0.2, 0) is 6.42 Å². The van der Waals surface area contributed by atoms with Crippen molar-refractivity contribution in [1.29, 1.82) is 0 Å². The third-order valence-electron chi connectivity index (χ3n) is 6.06. The molecule has 3 heteroatoms. The molecule has 1 heterocycles. The van der Waals surface area contributed by atoms with E-state index in [-0.39, 0.29) is 6.10 Å². The Kier molecular flexibility index (Phi) is 6.68. The van der Waals surface area contributed by atoms with E-state index in [1.807, 2.05) is 18.5 Å².